The molecular weight excluding hydrogens is 419 g/mol. The summed E-state index contributed by atoms with van der Waals surface area (Å²) in [5.74, 6) is -0.304. The lowest BCUT2D eigenvalue weighted by molar-refractivity contribution is 0.101. The molecule has 1 heterocycles. The van der Waals surface area contributed by atoms with E-state index in [1.807, 2.05) is 13.8 Å². The lowest BCUT2D eigenvalue weighted by Crippen LogP contribution is -2.18. The maximum absolute atomic E-state index is 12.9. The number of anilines is 1. The van der Waals surface area contributed by atoms with Crippen LogP contribution in [0.2, 0.25) is 10.0 Å². The number of rotatable bonds is 6. The van der Waals surface area contributed by atoms with Crippen LogP contribution in [-0.4, -0.2) is 41.4 Å². The van der Waals surface area contributed by atoms with Gasteiger partial charge < -0.3 is 10.2 Å². The van der Waals surface area contributed by atoms with E-state index in [1.54, 1.807) is 30.5 Å². The molecular formula is C23H24Cl2N4O. The third kappa shape index (κ3) is 5.36. The second kappa shape index (κ2) is 9.56. The third-order valence-electron chi connectivity index (χ3n) is 4.74. The van der Waals surface area contributed by atoms with Crippen molar-refractivity contribution in [3.05, 3.63) is 75.2 Å². The summed E-state index contributed by atoms with van der Waals surface area (Å²) in [6, 6.07) is 11.0. The quantitative estimate of drug-likeness (QED) is 0.553. The van der Waals surface area contributed by atoms with Gasteiger partial charge in [-0.2, -0.15) is 0 Å². The van der Waals surface area contributed by atoms with Crippen LogP contribution in [-0.2, 0) is 6.42 Å². The van der Waals surface area contributed by atoms with E-state index in [-0.39, 0.29) is 11.7 Å². The number of carbonyl (C=O) groups is 1. The van der Waals surface area contributed by atoms with Gasteiger partial charge in [0.05, 0.1) is 10.7 Å². The first-order chi connectivity index (χ1) is 14.2. The summed E-state index contributed by atoms with van der Waals surface area (Å²) in [5.41, 5.74) is 5.22. The number of nitrogens with one attached hydrogen (secondary N) is 1. The largest absolute Gasteiger partial charge is 0.319 e. The molecule has 3 rings (SSSR count). The van der Waals surface area contributed by atoms with Crippen molar-refractivity contribution in [2.75, 3.05) is 26.0 Å². The van der Waals surface area contributed by atoms with Crippen molar-refractivity contribution in [1.29, 1.82) is 0 Å². The third-order valence-corrected chi connectivity index (χ3v) is 5.31. The van der Waals surface area contributed by atoms with Crippen LogP contribution >= 0.6 is 23.2 Å². The van der Waals surface area contributed by atoms with E-state index in [0.717, 1.165) is 29.8 Å². The Morgan fingerprint density at radius 3 is 2.43 bits per heavy atom. The summed E-state index contributed by atoms with van der Waals surface area (Å²) in [5, 5.41) is 4.00. The predicted octanol–water partition coefficient (Wildman–Crippen LogP) is 5.42. The first-order valence-electron chi connectivity index (χ1n) is 9.59. The normalized spacial score (nSPS) is 11.0. The molecule has 0 aliphatic carbocycles. The fourth-order valence-corrected chi connectivity index (χ4v) is 3.62. The molecule has 1 N–H and O–H groups in total. The number of hydrogen-bond donors (Lipinski definition) is 1. The van der Waals surface area contributed by atoms with Gasteiger partial charge in [0, 0.05) is 29.0 Å². The minimum atomic E-state index is -0.373. The molecule has 0 aliphatic rings. The molecule has 30 heavy (non-hydrogen) atoms. The second-order valence-electron chi connectivity index (χ2n) is 7.50. The molecule has 3 aromatic rings. The number of nitrogens with zero attached hydrogens (tertiary/aromatic N) is 3. The molecule has 1 amide bonds. The molecule has 7 heteroatoms. The van der Waals surface area contributed by atoms with E-state index in [0.29, 0.717) is 21.3 Å². The number of benzene rings is 2. The van der Waals surface area contributed by atoms with E-state index >= 15 is 0 Å². The van der Waals surface area contributed by atoms with E-state index in [1.165, 1.54) is 5.56 Å². The van der Waals surface area contributed by atoms with Crippen molar-refractivity contribution in [3.63, 3.8) is 0 Å². The fraction of sp³-hybridized carbons (Fsp3) is 0.261. The van der Waals surface area contributed by atoms with Crippen molar-refractivity contribution >= 4 is 34.8 Å². The molecule has 0 unspecified atom stereocenters. The van der Waals surface area contributed by atoms with Crippen LogP contribution in [0.3, 0.4) is 0 Å². The molecule has 0 spiro atoms. The molecule has 0 fully saturated rings. The standard InChI is InChI=1S/C23H24Cl2N4O/c1-14-11-16(8-10-29(3)4)12-15(2)21(14)28-23(30)22-26-9-7-20(27-22)18-13-17(24)5-6-19(18)25/h5-7,9,11-13H,8,10H2,1-4H3,(H,28,30). The number of amides is 1. The minimum absolute atomic E-state index is 0.0685. The Bertz CT molecular complexity index is 1060. The highest BCUT2D eigenvalue weighted by atomic mass is 35.5. The summed E-state index contributed by atoms with van der Waals surface area (Å²) in [6.45, 7) is 4.95. The smallest absolute Gasteiger partial charge is 0.293 e. The van der Waals surface area contributed by atoms with Gasteiger partial charge in [-0.05, 0) is 75.3 Å². The van der Waals surface area contributed by atoms with E-state index in [9.17, 15) is 4.79 Å². The molecule has 0 bridgehead atoms. The number of aryl methyl sites for hydroxylation is 2. The van der Waals surface area contributed by atoms with Crippen molar-refractivity contribution in [3.8, 4) is 11.3 Å². The van der Waals surface area contributed by atoms with Crippen LogP contribution in [0.1, 0.15) is 27.3 Å². The molecule has 1 aromatic heterocycles. The van der Waals surface area contributed by atoms with Crippen LogP contribution < -0.4 is 5.32 Å². The zero-order valence-electron chi connectivity index (χ0n) is 17.5. The number of halogens is 2. The van der Waals surface area contributed by atoms with E-state index < -0.39 is 0 Å². The molecule has 0 atom stereocenters. The van der Waals surface area contributed by atoms with Crippen molar-refractivity contribution < 1.29 is 4.79 Å². The van der Waals surface area contributed by atoms with Gasteiger partial charge in [0.2, 0.25) is 5.82 Å². The van der Waals surface area contributed by atoms with Crippen LogP contribution in [0, 0.1) is 13.8 Å². The highest BCUT2D eigenvalue weighted by molar-refractivity contribution is 6.35. The average Bonchev–Trinajstić information content (AvgIpc) is 2.71. The molecule has 0 aliphatic heterocycles. The second-order valence-corrected chi connectivity index (χ2v) is 8.35. The van der Waals surface area contributed by atoms with Crippen LogP contribution in [0.5, 0.6) is 0 Å². The van der Waals surface area contributed by atoms with Crippen LogP contribution in [0.4, 0.5) is 5.69 Å². The Kier molecular flexibility index (Phi) is 7.08. The fourth-order valence-electron chi connectivity index (χ4n) is 3.23. The topological polar surface area (TPSA) is 58.1 Å². The number of carbonyl (C=O) groups excluding carboxylic acids is 1. The summed E-state index contributed by atoms with van der Waals surface area (Å²) in [7, 11) is 4.11. The predicted molar refractivity (Wildman–Crippen MR) is 124 cm³/mol. The van der Waals surface area contributed by atoms with Gasteiger partial charge in [-0.25, -0.2) is 9.97 Å². The number of likely N-dealkylation sites (N-methyl/N-ethyl adjacent to an activating group) is 1. The highest BCUT2D eigenvalue weighted by Gasteiger charge is 2.15. The van der Waals surface area contributed by atoms with Gasteiger partial charge in [-0.15, -0.1) is 0 Å². The lowest BCUT2D eigenvalue weighted by Gasteiger charge is -2.15. The van der Waals surface area contributed by atoms with Gasteiger partial charge in [0.15, 0.2) is 0 Å². The summed E-state index contributed by atoms with van der Waals surface area (Å²) < 4.78 is 0. The maximum Gasteiger partial charge on any atom is 0.293 e. The molecule has 2 aromatic carbocycles. The van der Waals surface area contributed by atoms with Crippen molar-refractivity contribution in [2.24, 2.45) is 0 Å². The van der Waals surface area contributed by atoms with Gasteiger partial charge in [-0.1, -0.05) is 35.3 Å². The Morgan fingerprint density at radius 1 is 1.07 bits per heavy atom. The SMILES string of the molecule is Cc1cc(CCN(C)C)cc(C)c1NC(=O)c1nccc(-c2cc(Cl)ccc2Cl)n1. The zero-order valence-corrected chi connectivity index (χ0v) is 19.0. The molecule has 5 nitrogen and oxygen atoms in total. The average molecular weight is 443 g/mol. The van der Waals surface area contributed by atoms with Crippen molar-refractivity contribution in [2.45, 2.75) is 20.3 Å². The zero-order chi connectivity index (χ0) is 21.8. The van der Waals surface area contributed by atoms with Gasteiger partial charge >= 0.3 is 0 Å². The number of aromatic nitrogens is 2. The lowest BCUT2D eigenvalue weighted by atomic mass is 10.0. The Morgan fingerprint density at radius 2 is 1.77 bits per heavy atom. The van der Waals surface area contributed by atoms with E-state index in [2.05, 4.69) is 46.4 Å². The van der Waals surface area contributed by atoms with Gasteiger partial charge in [0.25, 0.3) is 5.91 Å². The first-order valence-corrected chi connectivity index (χ1v) is 10.3. The minimum Gasteiger partial charge on any atom is -0.319 e. The maximum atomic E-state index is 12.9. The first kappa shape index (κ1) is 22.2. The van der Waals surface area contributed by atoms with Crippen LogP contribution in [0.15, 0.2) is 42.6 Å². The highest BCUT2D eigenvalue weighted by Crippen LogP contribution is 2.29. The summed E-state index contributed by atoms with van der Waals surface area (Å²) in [4.78, 5) is 23.5. The monoisotopic (exact) mass is 442 g/mol. The van der Waals surface area contributed by atoms with Gasteiger partial charge in [0.1, 0.15) is 0 Å². The Labute approximate surface area is 187 Å². The summed E-state index contributed by atoms with van der Waals surface area (Å²) in [6.07, 6.45) is 2.49. The molecule has 0 radical (unpaired) electrons. The Balaban J connectivity index is 1.84. The van der Waals surface area contributed by atoms with Gasteiger partial charge in [-0.3, -0.25) is 4.79 Å². The summed E-state index contributed by atoms with van der Waals surface area (Å²) >= 11 is 12.4. The Hall–Kier alpha value is -2.47. The van der Waals surface area contributed by atoms with Crippen LogP contribution in [0.25, 0.3) is 11.3 Å². The molecule has 0 saturated carbocycles. The van der Waals surface area contributed by atoms with Crippen molar-refractivity contribution in [1.82, 2.24) is 14.9 Å². The molecule has 156 valence electrons. The van der Waals surface area contributed by atoms with E-state index in [4.69, 9.17) is 23.2 Å². The molecule has 0 saturated heterocycles. The number of hydrogen-bond acceptors (Lipinski definition) is 4.